The van der Waals surface area contributed by atoms with Crippen LogP contribution in [0.2, 0.25) is 0 Å². The van der Waals surface area contributed by atoms with Crippen molar-refractivity contribution in [1.29, 1.82) is 0 Å². The van der Waals surface area contributed by atoms with Crippen LogP contribution in [0.1, 0.15) is 31.4 Å². The Hall–Kier alpha value is -1.35. The molecule has 1 aliphatic heterocycles. The molecule has 2 fully saturated rings. The highest BCUT2D eigenvalue weighted by atomic mass is 16.2. The van der Waals surface area contributed by atoms with E-state index in [-0.39, 0.29) is 23.4 Å². The quantitative estimate of drug-likeness (QED) is 0.840. The second-order valence-corrected chi connectivity index (χ2v) is 5.31. The van der Waals surface area contributed by atoms with Gasteiger partial charge in [-0.2, -0.15) is 0 Å². The molecule has 90 valence electrons. The SMILES string of the molecule is C[C@@H](c1ccccc1)N1CC(N)C2(CC2)C1=O. The lowest BCUT2D eigenvalue weighted by molar-refractivity contribution is -0.133. The van der Waals surface area contributed by atoms with E-state index in [1.807, 2.05) is 23.1 Å². The first-order valence-electron chi connectivity index (χ1n) is 6.27. The standard InChI is InChI=1S/C14H18N2O/c1-10(11-5-3-2-4-6-11)16-9-12(15)14(7-8-14)13(16)17/h2-6,10,12H,7-9,15H2,1H3/t10-,12?/m0/s1. The Balaban J connectivity index is 1.84. The Kier molecular flexibility index (Phi) is 2.26. The van der Waals surface area contributed by atoms with Gasteiger partial charge in [-0.15, -0.1) is 0 Å². The summed E-state index contributed by atoms with van der Waals surface area (Å²) >= 11 is 0. The van der Waals surface area contributed by atoms with E-state index in [4.69, 9.17) is 5.73 Å². The van der Waals surface area contributed by atoms with Crippen molar-refractivity contribution < 1.29 is 4.79 Å². The molecular weight excluding hydrogens is 212 g/mol. The van der Waals surface area contributed by atoms with Crippen LogP contribution in [0.5, 0.6) is 0 Å². The summed E-state index contributed by atoms with van der Waals surface area (Å²) in [6, 6.07) is 10.3. The van der Waals surface area contributed by atoms with Crippen molar-refractivity contribution in [2.75, 3.05) is 6.54 Å². The minimum Gasteiger partial charge on any atom is -0.334 e. The molecule has 0 bridgehead atoms. The fourth-order valence-corrected chi connectivity index (χ4v) is 2.88. The molecule has 2 aliphatic rings. The summed E-state index contributed by atoms with van der Waals surface area (Å²) in [6.07, 6.45) is 1.95. The molecule has 1 spiro atoms. The Morgan fingerprint density at radius 3 is 2.53 bits per heavy atom. The summed E-state index contributed by atoms with van der Waals surface area (Å²) in [6.45, 7) is 2.79. The maximum Gasteiger partial charge on any atom is 0.230 e. The Bertz CT molecular complexity index is 439. The van der Waals surface area contributed by atoms with Gasteiger partial charge in [0.25, 0.3) is 0 Å². The molecule has 2 N–H and O–H groups in total. The zero-order valence-electron chi connectivity index (χ0n) is 10.1. The largest absolute Gasteiger partial charge is 0.334 e. The zero-order chi connectivity index (χ0) is 12.0. The van der Waals surface area contributed by atoms with Crippen LogP contribution < -0.4 is 5.73 Å². The van der Waals surface area contributed by atoms with E-state index in [2.05, 4.69) is 19.1 Å². The number of carbonyl (C=O) groups excluding carboxylic acids is 1. The molecule has 0 aromatic heterocycles. The lowest BCUT2D eigenvalue weighted by atomic mass is 10.0. The molecule has 1 amide bonds. The van der Waals surface area contributed by atoms with E-state index in [0.717, 1.165) is 12.8 Å². The fourth-order valence-electron chi connectivity index (χ4n) is 2.88. The molecule has 1 heterocycles. The molecule has 2 atom stereocenters. The molecule has 1 unspecified atom stereocenters. The van der Waals surface area contributed by atoms with Crippen LogP contribution in [0.3, 0.4) is 0 Å². The number of rotatable bonds is 2. The third-order valence-electron chi connectivity index (χ3n) is 4.33. The highest BCUT2D eigenvalue weighted by Crippen LogP contribution is 2.54. The second kappa shape index (κ2) is 3.57. The van der Waals surface area contributed by atoms with E-state index in [9.17, 15) is 4.79 Å². The predicted molar refractivity (Wildman–Crippen MR) is 66.2 cm³/mol. The van der Waals surface area contributed by atoms with E-state index in [1.54, 1.807) is 0 Å². The Morgan fingerprint density at radius 2 is 2.00 bits per heavy atom. The number of likely N-dealkylation sites (tertiary alicyclic amines) is 1. The first-order valence-corrected chi connectivity index (χ1v) is 6.27. The molecule has 1 aromatic rings. The smallest absolute Gasteiger partial charge is 0.230 e. The van der Waals surface area contributed by atoms with Crippen LogP contribution >= 0.6 is 0 Å². The summed E-state index contributed by atoms with van der Waals surface area (Å²) in [7, 11) is 0. The fraction of sp³-hybridized carbons (Fsp3) is 0.500. The van der Waals surface area contributed by atoms with Crippen molar-refractivity contribution in [3.05, 3.63) is 35.9 Å². The molecule has 3 rings (SSSR count). The molecular formula is C14H18N2O. The molecule has 1 saturated carbocycles. The third-order valence-corrected chi connectivity index (χ3v) is 4.33. The topological polar surface area (TPSA) is 46.3 Å². The number of amides is 1. The lowest BCUT2D eigenvalue weighted by Crippen LogP contribution is -2.31. The number of carbonyl (C=O) groups is 1. The van der Waals surface area contributed by atoms with E-state index in [0.29, 0.717) is 6.54 Å². The first kappa shape index (κ1) is 10.8. The van der Waals surface area contributed by atoms with E-state index >= 15 is 0 Å². The highest BCUT2D eigenvalue weighted by Gasteiger charge is 2.61. The molecule has 1 aromatic carbocycles. The predicted octanol–water partition coefficient (Wildman–Crippen LogP) is 1.70. The molecule has 17 heavy (non-hydrogen) atoms. The number of nitrogens with two attached hydrogens (primary N) is 1. The van der Waals surface area contributed by atoms with Gasteiger partial charge in [-0.3, -0.25) is 4.79 Å². The maximum atomic E-state index is 12.4. The van der Waals surface area contributed by atoms with E-state index < -0.39 is 0 Å². The van der Waals surface area contributed by atoms with Crippen LogP contribution in [0.25, 0.3) is 0 Å². The third kappa shape index (κ3) is 1.49. The molecule has 0 radical (unpaired) electrons. The minimum atomic E-state index is -0.191. The summed E-state index contributed by atoms with van der Waals surface area (Å²) in [5, 5.41) is 0. The van der Waals surface area contributed by atoms with Gasteiger partial charge < -0.3 is 10.6 Å². The van der Waals surface area contributed by atoms with Gasteiger partial charge in [0, 0.05) is 12.6 Å². The van der Waals surface area contributed by atoms with Crippen LogP contribution in [0, 0.1) is 5.41 Å². The molecule has 1 aliphatic carbocycles. The Morgan fingerprint density at radius 1 is 1.35 bits per heavy atom. The second-order valence-electron chi connectivity index (χ2n) is 5.31. The van der Waals surface area contributed by atoms with Crippen LogP contribution in [0.15, 0.2) is 30.3 Å². The average Bonchev–Trinajstić information content (AvgIpc) is 3.12. The van der Waals surface area contributed by atoms with Gasteiger partial charge in [-0.1, -0.05) is 30.3 Å². The number of hydrogen-bond acceptors (Lipinski definition) is 2. The summed E-state index contributed by atoms with van der Waals surface area (Å²) in [5.41, 5.74) is 7.10. The lowest BCUT2D eigenvalue weighted by Gasteiger charge is -2.25. The average molecular weight is 230 g/mol. The summed E-state index contributed by atoms with van der Waals surface area (Å²) in [5.74, 6) is 0.265. The summed E-state index contributed by atoms with van der Waals surface area (Å²) in [4.78, 5) is 14.3. The number of hydrogen-bond donors (Lipinski definition) is 1. The van der Waals surface area contributed by atoms with Gasteiger partial charge in [-0.25, -0.2) is 0 Å². The van der Waals surface area contributed by atoms with Crippen molar-refractivity contribution in [2.45, 2.75) is 31.8 Å². The first-order chi connectivity index (χ1) is 8.15. The normalized spacial score (nSPS) is 27.5. The van der Waals surface area contributed by atoms with E-state index in [1.165, 1.54) is 5.56 Å². The van der Waals surface area contributed by atoms with Gasteiger partial charge in [0.15, 0.2) is 0 Å². The monoisotopic (exact) mass is 230 g/mol. The van der Waals surface area contributed by atoms with Gasteiger partial charge in [0.2, 0.25) is 5.91 Å². The van der Waals surface area contributed by atoms with Crippen molar-refractivity contribution in [1.82, 2.24) is 4.90 Å². The van der Waals surface area contributed by atoms with Crippen molar-refractivity contribution in [3.63, 3.8) is 0 Å². The highest BCUT2D eigenvalue weighted by molar-refractivity contribution is 5.89. The number of benzene rings is 1. The minimum absolute atomic E-state index is 0.0289. The van der Waals surface area contributed by atoms with Crippen LogP contribution in [-0.4, -0.2) is 23.4 Å². The zero-order valence-corrected chi connectivity index (χ0v) is 10.1. The van der Waals surface area contributed by atoms with Gasteiger partial charge in [0.1, 0.15) is 0 Å². The van der Waals surface area contributed by atoms with Crippen molar-refractivity contribution >= 4 is 5.91 Å². The van der Waals surface area contributed by atoms with Crippen molar-refractivity contribution in [2.24, 2.45) is 11.1 Å². The van der Waals surface area contributed by atoms with Gasteiger partial charge in [-0.05, 0) is 25.3 Å². The molecule has 3 nitrogen and oxygen atoms in total. The van der Waals surface area contributed by atoms with Crippen LogP contribution in [0.4, 0.5) is 0 Å². The van der Waals surface area contributed by atoms with Crippen LogP contribution in [-0.2, 0) is 4.79 Å². The molecule has 3 heteroatoms. The Labute approximate surface area is 102 Å². The van der Waals surface area contributed by atoms with Crippen molar-refractivity contribution in [3.8, 4) is 0 Å². The molecule has 1 saturated heterocycles. The summed E-state index contributed by atoms with van der Waals surface area (Å²) < 4.78 is 0. The maximum absolute atomic E-state index is 12.4. The van der Waals surface area contributed by atoms with Gasteiger partial charge >= 0.3 is 0 Å². The van der Waals surface area contributed by atoms with Gasteiger partial charge in [0.05, 0.1) is 11.5 Å². The number of nitrogens with zero attached hydrogens (tertiary/aromatic N) is 1.